The second-order valence-corrected chi connectivity index (χ2v) is 4.36. The van der Waals surface area contributed by atoms with Crippen LogP contribution in [0.1, 0.15) is 10.4 Å². The number of hydrogen-bond acceptors (Lipinski definition) is 3. The highest BCUT2D eigenvalue weighted by Gasteiger charge is 2.07. The molecule has 0 saturated heterocycles. The molecular formula is C15H12F2N2O4. The zero-order valence-corrected chi connectivity index (χ0v) is 11.6. The van der Waals surface area contributed by atoms with Crippen molar-refractivity contribution in [3.05, 3.63) is 54.1 Å². The number of rotatable bonds is 5. The lowest BCUT2D eigenvalue weighted by atomic mass is 10.2. The summed E-state index contributed by atoms with van der Waals surface area (Å²) in [6.45, 7) is -2.91. The van der Waals surface area contributed by atoms with E-state index >= 15 is 0 Å². The minimum atomic E-state index is -2.91. The topological polar surface area (TPSA) is 87.7 Å². The highest BCUT2D eigenvalue weighted by molar-refractivity contribution is 6.00. The molecule has 2 aromatic rings. The molecule has 0 atom stereocenters. The lowest BCUT2D eigenvalue weighted by Gasteiger charge is -2.09. The molecule has 0 fully saturated rings. The molecule has 2 amide bonds. The molecule has 3 N–H and O–H groups in total. The Labute approximate surface area is 129 Å². The van der Waals surface area contributed by atoms with Gasteiger partial charge in [0.2, 0.25) is 0 Å². The van der Waals surface area contributed by atoms with Gasteiger partial charge in [-0.2, -0.15) is 8.78 Å². The number of carboxylic acids is 1. The number of benzene rings is 2. The minimum Gasteiger partial charge on any atom is -0.478 e. The van der Waals surface area contributed by atoms with Crippen LogP contribution in [0, 0.1) is 0 Å². The SMILES string of the molecule is O=C(Nc1ccc(OC(F)F)cc1)Nc1ccc(C(=O)O)cc1. The van der Waals surface area contributed by atoms with Crippen LogP contribution in [-0.2, 0) is 0 Å². The van der Waals surface area contributed by atoms with Gasteiger partial charge in [0.25, 0.3) is 0 Å². The number of amides is 2. The van der Waals surface area contributed by atoms with Crippen molar-refractivity contribution >= 4 is 23.4 Å². The van der Waals surface area contributed by atoms with Gasteiger partial charge in [0.15, 0.2) is 0 Å². The van der Waals surface area contributed by atoms with Crippen molar-refractivity contribution in [2.45, 2.75) is 6.61 Å². The fourth-order valence-electron chi connectivity index (χ4n) is 1.71. The number of urea groups is 1. The molecule has 0 aromatic heterocycles. The number of carboxylic acid groups (broad SMARTS) is 1. The Morgan fingerprint density at radius 3 is 1.83 bits per heavy atom. The van der Waals surface area contributed by atoms with E-state index < -0.39 is 18.6 Å². The number of carbonyl (C=O) groups is 2. The van der Waals surface area contributed by atoms with Gasteiger partial charge in [0.05, 0.1) is 5.56 Å². The Morgan fingerprint density at radius 2 is 1.39 bits per heavy atom. The summed E-state index contributed by atoms with van der Waals surface area (Å²) in [6, 6.07) is 10.5. The summed E-state index contributed by atoms with van der Waals surface area (Å²) in [5.41, 5.74) is 0.891. The van der Waals surface area contributed by atoms with Crippen molar-refractivity contribution in [1.29, 1.82) is 0 Å². The highest BCUT2D eigenvalue weighted by Crippen LogP contribution is 2.18. The predicted molar refractivity (Wildman–Crippen MR) is 79.1 cm³/mol. The lowest BCUT2D eigenvalue weighted by Crippen LogP contribution is -2.19. The van der Waals surface area contributed by atoms with E-state index in [2.05, 4.69) is 15.4 Å². The molecule has 0 heterocycles. The van der Waals surface area contributed by atoms with E-state index in [1.807, 2.05) is 0 Å². The largest absolute Gasteiger partial charge is 0.478 e. The van der Waals surface area contributed by atoms with Gasteiger partial charge in [-0.3, -0.25) is 0 Å². The van der Waals surface area contributed by atoms with Crippen LogP contribution in [0.2, 0.25) is 0 Å². The third kappa shape index (κ3) is 4.95. The van der Waals surface area contributed by atoms with Crippen molar-refractivity contribution in [1.82, 2.24) is 0 Å². The van der Waals surface area contributed by atoms with E-state index in [4.69, 9.17) is 5.11 Å². The van der Waals surface area contributed by atoms with Crippen LogP contribution >= 0.6 is 0 Å². The third-order valence-corrected chi connectivity index (χ3v) is 2.73. The molecule has 0 aliphatic carbocycles. The van der Waals surface area contributed by atoms with E-state index in [0.29, 0.717) is 11.4 Å². The monoisotopic (exact) mass is 322 g/mol. The first-order valence-corrected chi connectivity index (χ1v) is 6.40. The molecular weight excluding hydrogens is 310 g/mol. The maximum Gasteiger partial charge on any atom is 0.387 e. The predicted octanol–water partition coefficient (Wildman–Crippen LogP) is 3.63. The van der Waals surface area contributed by atoms with E-state index in [0.717, 1.165) is 0 Å². The first kappa shape index (κ1) is 16.2. The number of carbonyl (C=O) groups excluding carboxylic acids is 1. The van der Waals surface area contributed by atoms with E-state index in [1.165, 1.54) is 48.5 Å². The van der Waals surface area contributed by atoms with Gasteiger partial charge in [0, 0.05) is 11.4 Å². The van der Waals surface area contributed by atoms with Crippen molar-refractivity contribution < 1.29 is 28.2 Å². The summed E-state index contributed by atoms with van der Waals surface area (Å²) < 4.78 is 28.2. The van der Waals surface area contributed by atoms with Crippen LogP contribution < -0.4 is 15.4 Å². The Kier molecular flexibility index (Phi) is 5.08. The molecule has 0 aliphatic rings. The molecule has 120 valence electrons. The number of anilines is 2. The Hall–Kier alpha value is -3.16. The van der Waals surface area contributed by atoms with Gasteiger partial charge in [-0.05, 0) is 48.5 Å². The fourth-order valence-corrected chi connectivity index (χ4v) is 1.71. The second-order valence-electron chi connectivity index (χ2n) is 4.36. The first-order valence-electron chi connectivity index (χ1n) is 6.40. The van der Waals surface area contributed by atoms with Gasteiger partial charge < -0.3 is 20.5 Å². The fraction of sp³-hybridized carbons (Fsp3) is 0.0667. The summed E-state index contributed by atoms with van der Waals surface area (Å²) in [5, 5.41) is 13.8. The van der Waals surface area contributed by atoms with Crippen LogP contribution in [-0.4, -0.2) is 23.7 Å². The van der Waals surface area contributed by atoms with Crippen LogP contribution in [0.5, 0.6) is 5.75 Å². The maximum absolute atomic E-state index is 12.0. The number of nitrogens with one attached hydrogen (secondary N) is 2. The van der Waals surface area contributed by atoms with Crippen molar-refractivity contribution in [3.63, 3.8) is 0 Å². The van der Waals surface area contributed by atoms with Crippen molar-refractivity contribution in [2.24, 2.45) is 0 Å². The van der Waals surface area contributed by atoms with Gasteiger partial charge in [0.1, 0.15) is 5.75 Å². The smallest absolute Gasteiger partial charge is 0.387 e. The molecule has 0 bridgehead atoms. The van der Waals surface area contributed by atoms with Gasteiger partial charge in [-0.15, -0.1) is 0 Å². The normalized spacial score (nSPS) is 10.2. The number of hydrogen-bond donors (Lipinski definition) is 3. The molecule has 8 heteroatoms. The minimum absolute atomic E-state index is 0.0183. The molecule has 0 aliphatic heterocycles. The highest BCUT2D eigenvalue weighted by atomic mass is 19.3. The zero-order chi connectivity index (χ0) is 16.8. The van der Waals surface area contributed by atoms with E-state index in [-0.39, 0.29) is 11.3 Å². The third-order valence-electron chi connectivity index (χ3n) is 2.73. The van der Waals surface area contributed by atoms with Gasteiger partial charge >= 0.3 is 18.6 Å². The van der Waals surface area contributed by atoms with Crippen LogP contribution in [0.15, 0.2) is 48.5 Å². The molecule has 6 nitrogen and oxygen atoms in total. The number of alkyl halides is 2. The van der Waals surface area contributed by atoms with Crippen LogP contribution in [0.3, 0.4) is 0 Å². The molecule has 0 radical (unpaired) electrons. The lowest BCUT2D eigenvalue weighted by molar-refractivity contribution is -0.0498. The average molecular weight is 322 g/mol. The standard InChI is InChI=1S/C15H12F2N2O4/c16-14(17)23-12-7-5-11(6-8-12)19-15(22)18-10-3-1-9(2-4-10)13(20)21/h1-8,14H,(H,20,21)(H2,18,19,22). The number of halogens is 2. The average Bonchev–Trinajstić information content (AvgIpc) is 2.49. The Morgan fingerprint density at radius 1 is 0.913 bits per heavy atom. The number of aromatic carboxylic acids is 1. The maximum atomic E-state index is 12.0. The molecule has 23 heavy (non-hydrogen) atoms. The first-order chi connectivity index (χ1) is 10.9. The molecule has 2 aromatic carbocycles. The van der Waals surface area contributed by atoms with Crippen LogP contribution in [0.4, 0.5) is 25.0 Å². The second kappa shape index (κ2) is 7.21. The van der Waals surface area contributed by atoms with Gasteiger partial charge in [-0.1, -0.05) is 0 Å². The molecule has 2 rings (SSSR count). The van der Waals surface area contributed by atoms with Crippen molar-refractivity contribution in [3.8, 4) is 5.75 Å². The summed E-state index contributed by atoms with van der Waals surface area (Å²) in [4.78, 5) is 22.5. The van der Waals surface area contributed by atoms with Crippen LogP contribution in [0.25, 0.3) is 0 Å². The number of ether oxygens (including phenoxy) is 1. The summed E-state index contributed by atoms with van der Waals surface area (Å²) in [5.74, 6) is -1.08. The zero-order valence-electron chi connectivity index (χ0n) is 11.6. The van der Waals surface area contributed by atoms with E-state index in [1.54, 1.807) is 0 Å². The van der Waals surface area contributed by atoms with Crippen molar-refractivity contribution in [2.75, 3.05) is 10.6 Å². The Balaban J connectivity index is 1.92. The summed E-state index contributed by atoms with van der Waals surface area (Å²) in [7, 11) is 0. The molecule has 0 unspecified atom stereocenters. The summed E-state index contributed by atoms with van der Waals surface area (Å²) >= 11 is 0. The Bertz CT molecular complexity index is 688. The van der Waals surface area contributed by atoms with E-state index in [9.17, 15) is 18.4 Å². The molecule has 0 spiro atoms. The quantitative estimate of drug-likeness (QED) is 0.784. The molecule has 0 saturated carbocycles. The summed E-state index contributed by atoms with van der Waals surface area (Å²) in [6.07, 6.45) is 0. The van der Waals surface area contributed by atoms with Gasteiger partial charge in [-0.25, -0.2) is 9.59 Å².